The average Bonchev–Trinajstić information content (AvgIpc) is 3.80. The second-order valence-corrected chi connectivity index (χ2v) is 17.6. The lowest BCUT2D eigenvalue weighted by Gasteiger charge is -2.49. The number of phenolic OH excluding ortho intramolecular Hbond substituents is 2. The van der Waals surface area contributed by atoms with Crippen molar-refractivity contribution < 1.29 is 19.8 Å². The molecule has 49 heavy (non-hydrogen) atoms. The number of carbonyl (C=O) groups excluding carboxylic acids is 2. The minimum atomic E-state index is -0.792. The topological polar surface area (TPSA) is 139 Å². The minimum Gasteiger partial charge on any atom is -0.504 e. The fourth-order valence-corrected chi connectivity index (χ4v) is 14.3. The summed E-state index contributed by atoms with van der Waals surface area (Å²) in [5.41, 5.74) is 5.22. The largest absolute Gasteiger partial charge is 0.504 e. The SMILES string of the molecule is O=C1C=C(S[C@H]2[C@H]3C(=O)C=C4S[C@H]5C[C@]42c2c(c(O)c4c6c2=[N+]3CCC=6C=N4)N5)[C@]2(C=C1Br)CCNc1c(O)c3c4c(c12)=NCCC=4C=N3. The maximum atomic E-state index is 14.4. The fraction of sp³-hybridized carbons (Fsp3) is 0.333. The Balaban J connectivity index is 1.13. The van der Waals surface area contributed by atoms with Crippen molar-refractivity contribution in [1.29, 1.82) is 0 Å². The van der Waals surface area contributed by atoms with E-state index in [1.54, 1.807) is 29.6 Å². The lowest BCUT2D eigenvalue weighted by molar-refractivity contribution is -0.118. The predicted octanol–water partition coefficient (Wildman–Crippen LogP) is 2.33. The van der Waals surface area contributed by atoms with E-state index in [0.29, 0.717) is 47.6 Å². The molecule has 1 saturated heterocycles. The van der Waals surface area contributed by atoms with Gasteiger partial charge in [0.1, 0.15) is 17.9 Å². The second-order valence-electron chi connectivity index (χ2n) is 14.3. The van der Waals surface area contributed by atoms with E-state index in [1.165, 1.54) is 0 Å². The highest BCUT2D eigenvalue weighted by molar-refractivity contribution is 9.12. The van der Waals surface area contributed by atoms with E-state index in [9.17, 15) is 19.8 Å². The smallest absolute Gasteiger partial charge is 0.228 e. The number of thioether (sulfide) groups is 2. The van der Waals surface area contributed by atoms with Crippen LogP contribution in [0.1, 0.15) is 36.8 Å². The normalized spacial score (nSPS) is 32.4. The molecule has 8 aliphatic heterocycles. The van der Waals surface area contributed by atoms with Gasteiger partial charge in [-0.1, -0.05) is 6.08 Å². The number of fused-ring (bicyclic) bond motifs is 6. The summed E-state index contributed by atoms with van der Waals surface area (Å²) in [6.07, 6.45) is 12.2. The number of halogens is 1. The summed E-state index contributed by atoms with van der Waals surface area (Å²) >= 11 is 6.94. The first-order valence-electron chi connectivity index (χ1n) is 16.7. The molecule has 0 aromatic heterocycles. The number of carbonyl (C=O) groups is 2. The molecule has 10 nitrogen and oxygen atoms in total. The standard InChI is InChI=1S/C36H25BrN6O4S2/c37-15-9-35(3-5-39-28-23(35)25-21-13(1-4-38-25)11-40-26(21)32(28)46)18(7-16(15)44)49-34-30-17(45)8-19-36(34)10-20(48-19)42-29-24(36)31-22-14(2-6-43(30)31)12-41-27(22)33(29)47/h7-9,11-12,20,30,34H,1-6,10H2,(H3,38,39,40,41,42,46,47)/p+1/t20-,30+,34-,35+,36+/m0/s1. The van der Waals surface area contributed by atoms with Gasteiger partial charge in [0.2, 0.25) is 17.2 Å². The highest BCUT2D eigenvalue weighted by atomic mass is 79.9. The summed E-state index contributed by atoms with van der Waals surface area (Å²) in [5.74, 6) is 0.231. The molecule has 242 valence electrons. The van der Waals surface area contributed by atoms with Gasteiger partial charge in [-0.25, -0.2) is 4.58 Å². The molecular weight excluding hydrogens is 724 g/mol. The molecule has 2 aromatic carbocycles. The molecule has 3 bridgehead atoms. The second kappa shape index (κ2) is 8.85. The Morgan fingerprint density at radius 2 is 1.82 bits per heavy atom. The molecule has 0 saturated carbocycles. The van der Waals surface area contributed by atoms with Gasteiger partial charge in [-0.3, -0.25) is 24.6 Å². The van der Waals surface area contributed by atoms with Crippen LogP contribution in [0.3, 0.4) is 0 Å². The van der Waals surface area contributed by atoms with E-state index in [-0.39, 0.29) is 33.7 Å². The summed E-state index contributed by atoms with van der Waals surface area (Å²) in [6.45, 7) is 1.84. The Hall–Kier alpha value is -3.94. The van der Waals surface area contributed by atoms with Crippen molar-refractivity contribution in [1.82, 2.24) is 4.58 Å². The number of ketones is 2. The number of nitrogens with zero attached hydrogens (tertiary/aromatic N) is 4. The van der Waals surface area contributed by atoms with Gasteiger partial charge in [0.15, 0.2) is 17.3 Å². The molecule has 0 amide bonds. The van der Waals surface area contributed by atoms with Crippen LogP contribution in [0.2, 0.25) is 0 Å². The van der Waals surface area contributed by atoms with Crippen molar-refractivity contribution in [3.8, 4) is 11.5 Å². The molecule has 0 unspecified atom stereocenters. The lowest BCUT2D eigenvalue weighted by Crippen LogP contribution is -2.69. The number of anilines is 2. The van der Waals surface area contributed by atoms with Crippen LogP contribution in [0, 0.1) is 0 Å². The Morgan fingerprint density at radius 3 is 2.67 bits per heavy atom. The maximum absolute atomic E-state index is 14.4. The van der Waals surface area contributed by atoms with Gasteiger partial charge >= 0.3 is 0 Å². The van der Waals surface area contributed by atoms with Crippen molar-refractivity contribution in [2.75, 3.05) is 30.3 Å². The van der Waals surface area contributed by atoms with E-state index in [4.69, 9.17) is 4.99 Å². The first-order chi connectivity index (χ1) is 23.8. The van der Waals surface area contributed by atoms with Crippen LogP contribution >= 0.6 is 39.5 Å². The molecule has 10 aliphatic rings. The van der Waals surface area contributed by atoms with Gasteiger partial charge in [-0.15, -0.1) is 23.5 Å². The third-order valence-electron chi connectivity index (χ3n) is 12.2. The van der Waals surface area contributed by atoms with Crippen molar-refractivity contribution >= 4 is 97.3 Å². The van der Waals surface area contributed by atoms with Gasteiger partial charge in [-0.2, -0.15) is 0 Å². The van der Waals surface area contributed by atoms with Gasteiger partial charge in [0.25, 0.3) is 0 Å². The average molecular weight is 751 g/mol. The summed E-state index contributed by atoms with van der Waals surface area (Å²) in [5, 5.41) is 34.0. The molecule has 2 aromatic rings. The highest BCUT2D eigenvalue weighted by Crippen LogP contribution is 2.67. The summed E-state index contributed by atoms with van der Waals surface area (Å²) in [4.78, 5) is 44.4. The zero-order valence-corrected chi connectivity index (χ0v) is 29.0. The first kappa shape index (κ1) is 27.8. The number of nitrogens with one attached hydrogen (secondary N) is 2. The van der Waals surface area contributed by atoms with Crippen LogP contribution in [0.5, 0.6) is 11.5 Å². The molecule has 12 rings (SSSR count). The number of hydrogen-bond acceptors (Lipinski definition) is 11. The van der Waals surface area contributed by atoms with E-state index >= 15 is 0 Å². The molecular formula is C36H26BrN6O4S2+. The minimum absolute atomic E-state index is 0.0187. The number of allylic oxidation sites excluding steroid dienone is 5. The third-order valence-corrected chi connectivity index (χ3v) is 15.8. The number of hydrogen-bond donors (Lipinski definition) is 4. The molecule has 2 spiro atoms. The molecule has 13 heteroatoms. The quantitative estimate of drug-likeness (QED) is 0.271. The van der Waals surface area contributed by atoms with Crippen LogP contribution in [-0.2, 0) is 20.4 Å². The summed E-state index contributed by atoms with van der Waals surface area (Å²) in [6, 6.07) is -0.462. The Labute approximate surface area is 295 Å². The Morgan fingerprint density at radius 1 is 1.02 bits per heavy atom. The van der Waals surface area contributed by atoms with Gasteiger partial charge in [0.05, 0.1) is 53.5 Å². The van der Waals surface area contributed by atoms with Crippen LogP contribution in [-0.4, -0.2) is 70.5 Å². The van der Waals surface area contributed by atoms with Crippen molar-refractivity contribution in [3.05, 3.63) is 64.8 Å². The summed E-state index contributed by atoms with van der Waals surface area (Å²) in [7, 11) is 0. The highest BCUT2D eigenvalue weighted by Gasteiger charge is 2.68. The Bertz CT molecular complexity index is 2610. The van der Waals surface area contributed by atoms with E-state index in [1.807, 2.05) is 24.6 Å². The number of aromatic hydroxyl groups is 2. The van der Waals surface area contributed by atoms with Crippen molar-refractivity contribution in [2.45, 2.75) is 53.2 Å². The number of phenols is 2. The van der Waals surface area contributed by atoms with Gasteiger partial charge in [-0.05, 0) is 58.5 Å². The van der Waals surface area contributed by atoms with Gasteiger partial charge < -0.3 is 20.8 Å². The zero-order valence-electron chi connectivity index (χ0n) is 25.8. The molecule has 8 heterocycles. The number of rotatable bonds is 2. The summed E-state index contributed by atoms with van der Waals surface area (Å²) < 4.78 is 2.75. The molecule has 5 atom stereocenters. The molecule has 1 fully saturated rings. The first-order valence-corrected chi connectivity index (χ1v) is 19.2. The monoisotopic (exact) mass is 749 g/mol. The Kier molecular flexibility index (Phi) is 5.03. The van der Waals surface area contributed by atoms with Crippen LogP contribution in [0.25, 0.3) is 11.1 Å². The van der Waals surface area contributed by atoms with Crippen molar-refractivity contribution in [3.63, 3.8) is 0 Å². The van der Waals surface area contributed by atoms with E-state index < -0.39 is 16.9 Å². The number of benzene rings is 2. The number of aliphatic imine (C=N–C) groups is 2. The lowest BCUT2D eigenvalue weighted by atomic mass is 9.64. The van der Waals surface area contributed by atoms with Crippen LogP contribution in [0.4, 0.5) is 22.7 Å². The van der Waals surface area contributed by atoms with E-state index in [2.05, 4.69) is 41.1 Å². The third kappa shape index (κ3) is 3.04. The fourth-order valence-electron chi connectivity index (χ4n) is 10.3. The zero-order chi connectivity index (χ0) is 32.7. The molecule has 4 N–H and O–H groups in total. The molecule has 0 radical (unpaired) electrons. The predicted molar refractivity (Wildman–Crippen MR) is 194 cm³/mol. The maximum Gasteiger partial charge on any atom is 0.228 e. The van der Waals surface area contributed by atoms with Gasteiger partial charge in [0, 0.05) is 52.5 Å². The van der Waals surface area contributed by atoms with Crippen LogP contribution < -0.4 is 36.4 Å². The van der Waals surface area contributed by atoms with Crippen molar-refractivity contribution in [2.24, 2.45) is 15.0 Å². The van der Waals surface area contributed by atoms with Crippen LogP contribution in [0.15, 0.2) is 47.5 Å². The van der Waals surface area contributed by atoms with E-state index in [0.717, 1.165) is 78.2 Å². The molecule has 2 aliphatic carbocycles.